The van der Waals surface area contributed by atoms with Crippen LogP contribution in [0.1, 0.15) is 78.6 Å². The number of esters is 1. The van der Waals surface area contributed by atoms with E-state index in [-0.39, 0.29) is 34.7 Å². The Morgan fingerprint density at radius 2 is 1.56 bits per heavy atom. The van der Waals surface area contributed by atoms with Crippen molar-refractivity contribution in [2.75, 3.05) is 13.2 Å². The van der Waals surface area contributed by atoms with E-state index >= 15 is 0 Å². The van der Waals surface area contributed by atoms with E-state index in [9.17, 15) is 40.5 Å². The van der Waals surface area contributed by atoms with Crippen molar-refractivity contribution in [3.8, 4) is 0 Å². The van der Waals surface area contributed by atoms with E-state index < -0.39 is 73.6 Å². The van der Waals surface area contributed by atoms with Crippen LogP contribution >= 0.6 is 0 Å². The van der Waals surface area contributed by atoms with Crippen molar-refractivity contribution in [1.82, 2.24) is 0 Å². The van der Waals surface area contributed by atoms with Crippen LogP contribution in [0.4, 0.5) is 0 Å². The van der Waals surface area contributed by atoms with Gasteiger partial charge in [0.25, 0.3) is 0 Å². The minimum absolute atomic E-state index is 0.0345. The summed E-state index contributed by atoms with van der Waals surface area (Å²) < 4.78 is 28.8. The minimum atomic E-state index is -1.65. The normalized spacial score (nSPS) is 55.3. The monoisotopic (exact) mass is 682 g/mol. The summed E-state index contributed by atoms with van der Waals surface area (Å²) in [5.74, 6) is 0.825. The Labute approximate surface area is 281 Å². The Kier molecular flexibility index (Phi) is 9.36. The van der Waals surface area contributed by atoms with Gasteiger partial charge >= 0.3 is 5.97 Å². The first-order valence-corrected chi connectivity index (χ1v) is 17.9. The Balaban J connectivity index is 0.977. The summed E-state index contributed by atoms with van der Waals surface area (Å²) in [6.45, 7) is 5.97. The molecule has 272 valence electrons. The third-order valence-corrected chi connectivity index (χ3v) is 14.2. The molecule has 0 bridgehead atoms. The minimum Gasteiger partial charge on any atom is -0.458 e. The maximum atomic E-state index is 12.5. The first-order chi connectivity index (χ1) is 22.7. The molecule has 0 amide bonds. The second-order valence-electron chi connectivity index (χ2n) is 16.3. The topological polar surface area (TPSA) is 205 Å². The van der Waals surface area contributed by atoms with Gasteiger partial charge in [0.05, 0.1) is 24.4 Å². The summed E-state index contributed by atoms with van der Waals surface area (Å²) >= 11 is 0. The molecule has 48 heavy (non-hydrogen) atoms. The zero-order valence-corrected chi connectivity index (χ0v) is 28.1. The van der Waals surface area contributed by atoms with Gasteiger partial charge in [0, 0.05) is 11.5 Å². The van der Waals surface area contributed by atoms with Crippen molar-refractivity contribution < 1.29 is 64.2 Å². The van der Waals surface area contributed by atoms with Crippen molar-refractivity contribution >= 4 is 5.97 Å². The third-order valence-electron chi connectivity index (χ3n) is 14.2. The summed E-state index contributed by atoms with van der Waals surface area (Å²) in [4.78, 5) is 11.9. The molecule has 6 fully saturated rings. The Morgan fingerprint density at radius 3 is 2.27 bits per heavy atom. The second-order valence-corrected chi connectivity index (χ2v) is 16.3. The van der Waals surface area contributed by atoms with E-state index in [4.69, 9.17) is 23.7 Å². The summed E-state index contributed by atoms with van der Waals surface area (Å²) in [6, 6.07) is 0. The lowest BCUT2D eigenvalue weighted by atomic mass is 9.43. The summed E-state index contributed by atoms with van der Waals surface area (Å²) in [7, 11) is 0. The van der Waals surface area contributed by atoms with E-state index in [0.717, 1.165) is 63.4 Å². The lowest BCUT2D eigenvalue weighted by molar-refractivity contribution is -0.360. The molecule has 7 N–H and O–H groups in total. The van der Waals surface area contributed by atoms with Crippen LogP contribution in [0.5, 0.6) is 0 Å². The van der Waals surface area contributed by atoms with Crippen LogP contribution in [0.25, 0.3) is 0 Å². The van der Waals surface area contributed by atoms with Gasteiger partial charge in [-0.05, 0) is 99.4 Å². The van der Waals surface area contributed by atoms with E-state index in [0.29, 0.717) is 18.4 Å². The highest BCUT2D eigenvalue weighted by atomic mass is 16.7. The summed E-state index contributed by atoms with van der Waals surface area (Å²) in [5, 5.41) is 74.7. The lowest BCUT2D eigenvalue weighted by Crippen LogP contribution is -2.64. The molecule has 4 saturated carbocycles. The number of rotatable bonds is 6. The number of hydrogen-bond acceptors (Lipinski definition) is 13. The van der Waals surface area contributed by atoms with Crippen LogP contribution in [0.2, 0.25) is 0 Å². The quantitative estimate of drug-likeness (QED) is 0.149. The number of cyclic esters (lactones) is 1. The van der Waals surface area contributed by atoms with Gasteiger partial charge < -0.3 is 59.4 Å². The van der Waals surface area contributed by atoms with Crippen LogP contribution in [-0.4, -0.2) is 128 Å². The average molecular weight is 683 g/mol. The van der Waals surface area contributed by atoms with Crippen molar-refractivity contribution in [3.63, 3.8) is 0 Å². The molecular weight excluding hydrogens is 628 g/mol. The predicted molar refractivity (Wildman–Crippen MR) is 166 cm³/mol. The number of aliphatic hydroxyl groups is 7. The fourth-order valence-corrected chi connectivity index (χ4v) is 11.3. The molecule has 7 rings (SSSR count). The molecular formula is C35H54O13. The van der Waals surface area contributed by atoms with E-state index in [1.54, 1.807) is 13.0 Å². The van der Waals surface area contributed by atoms with Crippen molar-refractivity contribution in [2.45, 2.75) is 152 Å². The van der Waals surface area contributed by atoms with Crippen molar-refractivity contribution in [2.24, 2.45) is 34.5 Å². The van der Waals surface area contributed by atoms with Crippen LogP contribution < -0.4 is 0 Å². The molecule has 13 heteroatoms. The third kappa shape index (κ3) is 5.42. The van der Waals surface area contributed by atoms with Gasteiger partial charge in [-0.3, -0.25) is 0 Å². The Bertz CT molecular complexity index is 1240. The van der Waals surface area contributed by atoms with E-state index in [1.807, 2.05) is 0 Å². The second kappa shape index (κ2) is 12.8. The van der Waals surface area contributed by atoms with Crippen LogP contribution in [0, 0.1) is 34.5 Å². The molecule has 3 aliphatic heterocycles. The van der Waals surface area contributed by atoms with Crippen LogP contribution in [0.3, 0.4) is 0 Å². The van der Waals surface area contributed by atoms with Gasteiger partial charge in [-0.1, -0.05) is 13.8 Å². The maximum absolute atomic E-state index is 12.5. The molecule has 0 spiro atoms. The largest absolute Gasteiger partial charge is 0.458 e. The Hall–Kier alpha value is -1.23. The van der Waals surface area contributed by atoms with Gasteiger partial charge in [0.1, 0.15) is 49.3 Å². The molecule has 0 aromatic rings. The SMILES string of the molecule is C[C@H]1O[C@@H](O[C@H]2CC[C@@]3(C)[C@@H](CC[C@@H]4[C@@H]3CC[C@]3(C)[C@@H](C5=CC(=O)OC5)CC[C@]43O)C2)[C@H](O)[C@@H](O)[C@H]1O[C@H]1O[C@H](CO)[C@@H](O)[C@H](O)[C@H]1O. The molecule has 0 aromatic heterocycles. The molecule has 2 saturated heterocycles. The molecule has 18 atom stereocenters. The first-order valence-electron chi connectivity index (χ1n) is 17.9. The molecule has 3 heterocycles. The number of carbonyl (C=O) groups is 1. The van der Waals surface area contributed by atoms with Crippen LogP contribution in [0.15, 0.2) is 11.6 Å². The maximum Gasteiger partial charge on any atom is 0.331 e. The molecule has 13 nitrogen and oxygen atoms in total. The van der Waals surface area contributed by atoms with Gasteiger partial charge in [0.15, 0.2) is 12.6 Å². The van der Waals surface area contributed by atoms with Crippen molar-refractivity contribution in [1.29, 1.82) is 0 Å². The Morgan fingerprint density at radius 1 is 0.833 bits per heavy atom. The fraction of sp³-hybridized carbons (Fsp3) is 0.914. The highest BCUT2D eigenvalue weighted by Crippen LogP contribution is 2.70. The number of hydrogen-bond donors (Lipinski definition) is 7. The van der Waals surface area contributed by atoms with Crippen molar-refractivity contribution in [3.05, 3.63) is 11.6 Å². The summed E-state index contributed by atoms with van der Waals surface area (Å²) in [5.41, 5.74) is 0.00280. The van der Waals surface area contributed by atoms with E-state index in [1.165, 1.54) is 0 Å². The van der Waals surface area contributed by atoms with Gasteiger partial charge in [0.2, 0.25) is 0 Å². The molecule has 0 radical (unpaired) electrons. The van der Waals surface area contributed by atoms with Crippen LogP contribution in [-0.2, 0) is 28.5 Å². The smallest absolute Gasteiger partial charge is 0.331 e. The number of aliphatic hydroxyl groups excluding tert-OH is 6. The zero-order chi connectivity index (χ0) is 34.3. The van der Waals surface area contributed by atoms with Gasteiger partial charge in [-0.25, -0.2) is 4.79 Å². The molecule has 0 aromatic carbocycles. The van der Waals surface area contributed by atoms with Gasteiger partial charge in [-0.2, -0.15) is 0 Å². The number of ether oxygens (including phenoxy) is 5. The highest BCUT2D eigenvalue weighted by molar-refractivity contribution is 5.85. The standard InChI is InChI=1S/C35H54O13/c1-16-30(48-32-28(41)26(39)25(38)23(14-36)47-32)27(40)29(42)31(45-16)46-19-6-9-33(2)18(13-19)4-5-22-21(33)7-10-34(3)20(8-11-35(22,34)43)17-12-24(37)44-15-17/h12,16,18-23,25-32,36,38-43H,4-11,13-15H2,1-3H3/t16-,18+,19+,20-,21+,22-,23-,25-,26+,27-,28-,29-,30+,31+,32-,33+,34-,35+/m1/s1. The molecule has 4 aliphatic carbocycles. The lowest BCUT2D eigenvalue weighted by Gasteiger charge is -2.64. The van der Waals surface area contributed by atoms with Gasteiger partial charge in [-0.15, -0.1) is 0 Å². The first kappa shape index (κ1) is 35.2. The predicted octanol–water partition coefficient (Wildman–Crippen LogP) is 0.280. The highest BCUT2D eigenvalue weighted by Gasteiger charge is 2.68. The number of carbonyl (C=O) groups excluding carboxylic acids is 1. The zero-order valence-electron chi connectivity index (χ0n) is 28.1. The molecule has 0 unspecified atom stereocenters. The average Bonchev–Trinajstić information content (AvgIpc) is 3.61. The van der Waals surface area contributed by atoms with E-state index in [2.05, 4.69) is 13.8 Å². The number of fused-ring (bicyclic) bond motifs is 5. The fourth-order valence-electron chi connectivity index (χ4n) is 11.3. The molecule has 7 aliphatic rings. The summed E-state index contributed by atoms with van der Waals surface area (Å²) in [6.07, 6.45) is -4.12.